The number of hydrogen-bond acceptors (Lipinski definition) is 1. The Kier molecular flexibility index (Phi) is 4.27. The van der Waals surface area contributed by atoms with Crippen LogP contribution in [0.4, 0.5) is 0 Å². The molecule has 3 nitrogen and oxygen atoms in total. The summed E-state index contributed by atoms with van der Waals surface area (Å²) >= 11 is 12.2. The average Bonchev–Trinajstić information content (AvgIpc) is 2.64. The number of benzene rings is 1. The zero-order chi connectivity index (χ0) is 16.9. The normalized spacial score (nSPS) is 12.7. The predicted molar refractivity (Wildman–Crippen MR) is 94.1 cm³/mol. The summed E-state index contributed by atoms with van der Waals surface area (Å²) in [7, 11) is 0. The van der Waals surface area contributed by atoms with Gasteiger partial charge in [-0.05, 0) is 59.7 Å². The first-order valence-electron chi connectivity index (χ1n) is 7.23. The molecule has 0 aliphatic heterocycles. The Balaban J connectivity index is 2.83. The molecule has 0 aliphatic rings. The highest BCUT2D eigenvalue weighted by molar-refractivity contribution is 6.35. The van der Waals surface area contributed by atoms with Gasteiger partial charge < -0.3 is 0 Å². The molecule has 0 unspecified atom stereocenters. The van der Waals surface area contributed by atoms with Gasteiger partial charge >= 0.3 is 5.69 Å². The number of halogens is 2. The summed E-state index contributed by atoms with van der Waals surface area (Å²) in [4.78, 5) is 12.9. The third-order valence-electron chi connectivity index (χ3n) is 3.44. The van der Waals surface area contributed by atoms with E-state index in [1.165, 1.54) is 0 Å². The molecule has 1 aromatic heterocycles. The first-order chi connectivity index (χ1) is 9.91. The second kappa shape index (κ2) is 5.47. The zero-order valence-electron chi connectivity index (χ0n) is 13.9. The summed E-state index contributed by atoms with van der Waals surface area (Å²) in [6.07, 6.45) is 1.88. The monoisotopic (exact) mass is 340 g/mol. The molecule has 5 heteroatoms. The Morgan fingerprint density at radius 1 is 0.864 bits per heavy atom. The molecule has 1 aromatic carbocycles. The number of aromatic nitrogens is 2. The van der Waals surface area contributed by atoms with Crippen molar-refractivity contribution in [2.45, 2.75) is 52.6 Å². The third-order valence-corrected chi connectivity index (χ3v) is 3.88. The van der Waals surface area contributed by atoms with Gasteiger partial charge in [0.25, 0.3) is 0 Å². The van der Waals surface area contributed by atoms with Crippen molar-refractivity contribution in [1.82, 2.24) is 9.13 Å². The summed E-state index contributed by atoms with van der Waals surface area (Å²) in [6.45, 7) is 12.1. The Morgan fingerprint density at radius 2 is 1.36 bits per heavy atom. The van der Waals surface area contributed by atoms with Crippen molar-refractivity contribution in [2.75, 3.05) is 0 Å². The SMILES string of the molecule is CC(C)(C)n1cc(-c2cc(Cl)cc(Cl)c2)n(C(C)(C)C)c1=O. The maximum absolute atomic E-state index is 12.9. The minimum atomic E-state index is -0.349. The summed E-state index contributed by atoms with van der Waals surface area (Å²) in [5.74, 6) is 0. The van der Waals surface area contributed by atoms with E-state index in [1.54, 1.807) is 15.2 Å². The van der Waals surface area contributed by atoms with E-state index in [0.717, 1.165) is 11.3 Å². The third kappa shape index (κ3) is 3.26. The van der Waals surface area contributed by atoms with Crippen molar-refractivity contribution in [1.29, 1.82) is 0 Å². The molecule has 0 bridgehead atoms. The van der Waals surface area contributed by atoms with Gasteiger partial charge in [0.15, 0.2) is 0 Å². The molecule has 2 rings (SSSR count). The number of rotatable bonds is 1. The quantitative estimate of drug-likeness (QED) is 0.706. The van der Waals surface area contributed by atoms with E-state index in [-0.39, 0.29) is 16.8 Å². The highest BCUT2D eigenvalue weighted by Crippen LogP contribution is 2.30. The highest BCUT2D eigenvalue weighted by Gasteiger charge is 2.27. The molecule has 0 amide bonds. The van der Waals surface area contributed by atoms with Gasteiger partial charge in [0.1, 0.15) is 0 Å². The predicted octanol–water partition coefficient (Wildman–Crippen LogP) is 5.13. The van der Waals surface area contributed by atoms with Crippen molar-refractivity contribution >= 4 is 23.2 Å². The van der Waals surface area contributed by atoms with Crippen molar-refractivity contribution in [3.8, 4) is 11.3 Å². The van der Waals surface area contributed by atoms with Crippen LogP contribution in [0.2, 0.25) is 10.0 Å². The number of nitrogens with zero attached hydrogens (tertiary/aromatic N) is 2. The maximum atomic E-state index is 12.9. The van der Waals surface area contributed by atoms with Crippen LogP contribution < -0.4 is 5.69 Å². The van der Waals surface area contributed by atoms with Crippen LogP contribution in [0.1, 0.15) is 41.5 Å². The van der Waals surface area contributed by atoms with Gasteiger partial charge in [-0.25, -0.2) is 4.79 Å². The molecular formula is C17H22Cl2N2O. The van der Waals surface area contributed by atoms with Gasteiger partial charge in [0.2, 0.25) is 0 Å². The molecular weight excluding hydrogens is 319 g/mol. The molecule has 0 saturated heterocycles. The topological polar surface area (TPSA) is 26.9 Å². The van der Waals surface area contributed by atoms with Gasteiger partial charge in [0.05, 0.1) is 5.69 Å². The lowest BCUT2D eigenvalue weighted by molar-refractivity contribution is 0.343. The fourth-order valence-corrected chi connectivity index (χ4v) is 3.01. The summed E-state index contributed by atoms with van der Waals surface area (Å²) < 4.78 is 3.54. The molecule has 0 atom stereocenters. The molecule has 1 heterocycles. The van der Waals surface area contributed by atoms with Gasteiger partial charge in [0, 0.05) is 32.9 Å². The fourth-order valence-electron chi connectivity index (χ4n) is 2.48. The second-order valence-electron chi connectivity index (χ2n) is 7.50. The van der Waals surface area contributed by atoms with Crippen LogP contribution >= 0.6 is 23.2 Å². The first kappa shape index (κ1) is 17.2. The van der Waals surface area contributed by atoms with Crippen LogP contribution in [0.15, 0.2) is 29.2 Å². The van der Waals surface area contributed by atoms with E-state index in [9.17, 15) is 4.79 Å². The Bertz CT molecular complexity index is 738. The average molecular weight is 341 g/mol. The van der Waals surface area contributed by atoms with E-state index in [2.05, 4.69) is 0 Å². The summed E-state index contributed by atoms with van der Waals surface area (Å²) in [5.41, 5.74) is 0.970. The van der Waals surface area contributed by atoms with Gasteiger partial charge in [-0.1, -0.05) is 23.2 Å². The second-order valence-corrected chi connectivity index (χ2v) is 8.37. The zero-order valence-corrected chi connectivity index (χ0v) is 15.4. The lowest BCUT2D eigenvalue weighted by Gasteiger charge is -2.23. The molecule has 2 aromatic rings. The van der Waals surface area contributed by atoms with Crippen molar-refractivity contribution in [3.05, 3.63) is 44.9 Å². The van der Waals surface area contributed by atoms with Crippen LogP contribution in [0.5, 0.6) is 0 Å². The maximum Gasteiger partial charge on any atom is 0.329 e. The first-order valence-corrected chi connectivity index (χ1v) is 7.98. The van der Waals surface area contributed by atoms with Crippen LogP contribution in [0.25, 0.3) is 11.3 Å². The molecule has 0 N–H and O–H groups in total. The van der Waals surface area contributed by atoms with E-state index in [0.29, 0.717) is 10.0 Å². The van der Waals surface area contributed by atoms with E-state index >= 15 is 0 Å². The number of hydrogen-bond donors (Lipinski definition) is 0. The van der Waals surface area contributed by atoms with Crippen molar-refractivity contribution in [3.63, 3.8) is 0 Å². The molecule has 0 fully saturated rings. The summed E-state index contributed by atoms with van der Waals surface area (Å²) in [6, 6.07) is 5.35. The van der Waals surface area contributed by atoms with E-state index < -0.39 is 0 Å². The van der Waals surface area contributed by atoms with Crippen LogP contribution in [-0.2, 0) is 11.1 Å². The van der Waals surface area contributed by atoms with Gasteiger partial charge in [-0.15, -0.1) is 0 Å². The highest BCUT2D eigenvalue weighted by atomic mass is 35.5. The molecule has 0 spiro atoms. The fraction of sp³-hybridized carbons (Fsp3) is 0.471. The minimum Gasteiger partial charge on any atom is -0.293 e. The lowest BCUT2D eigenvalue weighted by Crippen LogP contribution is -2.39. The van der Waals surface area contributed by atoms with E-state index in [4.69, 9.17) is 23.2 Å². The van der Waals surface area contributed by atoms with Crippen molar-refractivity contribution < 1.29 is 0 Å². The van der Waals surface area contributed by atoms with Crippen LogP contribution in [-0.4, -0.2) is 9.13 Å². The van der Waals surface area contributed by atoms with E-state index in [1.807, 2.05) is 59.9 Å². The van der Waals surface area contributed by atoms with Crippen LogP contribution in [0, 0.1) is 0 Å². The van der Waals surface area contributed by atoms with Gasteiger partial charge in [-0.2, -0.15) is 0 Å². The Morgan fingerprint density at radius 3 is 1.77 bits per heavy atom. The molecule has 22 heavy (non-hydrogen) atoms. The standard InChI is InChI=1S/C17H22Cl2N2O/c1-16(2,3)20-10-14(21(15(20)22)17(4,5)6)11-7-12(18)9-13(19)8-11/h7-10H,1-6H3. The summed E-state index contributed by atoms with van der Waals surface area (Å²) in [5, 5.41) is 1.11. The van der Waals surface area contributed by atoms with Crippen molar-refractivity contribution in [2.24, 2.45) is 0 Å². The lowest BCUT2D eigenvalue weighted by atomic mass is 10.1. The molecule has 120 valence electrons. The minimum absolute atomic E-state index is 0.0360. The molecule has 0 aliphatic carbocycles. The molecule has 0 radical (unpaired) electrons. The number of imidazole rings is 1. The largest absolute Gasteiger partial charge is 0.329 e. The van der Waals surface area contributed by atoms with Crippen LogP contribution in [0.3, 0.4) is 0 Å². The molecule has 0 saturated carbocycles. The Hall–Kier alpha value is -1.19. The van der Waals surface area contributed by atoms with Gasteiger partial charge in [-0.3, -0.25) is 9.13 Å². The Labute approximate surface area is 141 Å². The smallest absolute Gasteiger partial charge is 0.293 e.